The van der Waals surface area contributed by atoms with Gasteiger partial charge in [0.1, 0.15) is 0 Å². The molecule has 1 aliphatic carbocycles. The van der Waals surface area contributed by atoms with E-state index >= 15 is 0 Å². The van der Waals surface area contributed by atoms with Crippen LogP contribution in [0.5, 0.6) is 0 Å². The van der Waals surface area contributed by atoms with Gasteiger partial charge in [0.25, 0.3) is 0 Å². The van der Waals surface area contributed by atoms with Crippen LogP contribution in [0.15, 0.2) is 0 Å². The Hall–Kier alpha value is -2.04. The van der Waals surface area contributed by atoms with Crippen molar-refractivity contribution in [3.8, 4) is 24.3 Å². The number of nitrogens with zero attached hydrogens (tertiary/aromatic N) is 4. The van der Waals surface area contributed by atoms with Crippen LogP contribution in [-0.4, -0.2) is 0 Å². The summed E-state index contributed by atoms with van der Waals surface area (Å²) in [6, 6.07) is 7.12. The van der Waals surface area contributed by atoms with Gasteiger partial charge in [-0.2, -0.15) is 21.0 Å². The Morgan fingerprint density at radius 2 is 0.923 bits per heavy atom. The fraction of sp³-hybridized carbons (Fsp3) is 0.556. The highest BCUT2D eigenvalue weighted by molar-refractivity contribution is 5.54. The first kappa shape index (κ1) is 9.05. The van der Waals surface area contributed by atoms with Gasteiger partial charge in [-0.15, -0.1) is 0 Å². The summed E-state index contributed by atoms with van der Waals surface area (Å²) in [5.41, 5.74) is -3.81. The Kier molecular flexibility index (Phi) is 1.40. The van der Waals surface area contributed by atoms with Crippen LogP contribution >= 0.6 is 0 Å². The molecular weight excluding hydrogens is 164 g/mol. The molecule has 0 N–H and O–H groups in total. The van der Waals surface area contributed by atoms with Crippen LogP contribution in [0.3, 0.4) is 0 Å². The van der Waals surface area contributed by atoms with E-state index in [2.05, 4.69) is 0 Å². The van der Waals surface area contributed by atoms with Crippen molar-refractivity contribution in [3.05, 3.63) is 0 Å². The molecule has 0 unspecified atom stereocenters. The molecule has 0 saturated heterocycles. The van der Waals surface area contributed by atoms with Crippen molar-refractivity contribution in [3.63, 3.8) is 0 Å². The van der Waals surface area contributed by atoms with E-state index in [1.54, 1.807) is 38.1 Å². The summed E-state index contributed by atoms with van der Waals surface area (Å²) >= 11 is 0. The second-order valence-corrected chi connectivity index (χ2v) is 3.57. The van der Waals surface area contributed by atoms with E-state index in [0.717, 1.165) is 0 Å². The molecule has 4 heteroatoms. The molecule has 1 saturated carbocycles. The minimum atomic E-state index is -1.47. The van der Waals surface area contributed by atoms with Crippen molar-refractivity contribution in [1.29, 1.82) is 21.0 Å². The third kappa shape index (κ3) is 0.516. The molecule has 1 fully saturated rings. The first-order chi connectivity index (χ1) is 5.99. The number of hydrogen-bond acceptors (Lipinski definition) is 4. The van der Waals surface area contributed by atoms with Gasteiger partial charge in [-0.3, -0.25) is 0 Å². The van der Waals surface area contributed by atoms with Crippen LogP contribution in [0, 0.1) is 61.6 Å². The van der Waals surface area contributed by atoms with Gasteiger partial charge in [0.05, 0.1) is 24.3 Å². The zero-order valence-corrected chi connectivity index (χ0v) is 7.29. The van der Waals surface area contributed by atoms with Crippen molar-refractivity contribution in [2.45, 2.75) is 13.8 Å². The van der Waals surface area contributed by atoms with Crippen molar-refractivity contribution < 1.29 is 0 Å². The zero-order chi connectivity index (χ0) is 10.3. The highest BCUT2D eigenvalue weighted by Crippen LogP contribution is 2.76. The van der Waals surface area contributed by atoms with Gasteiger partial charge in [-0.05, 0) is 0 Å². The van der Waals surface area contributed by atoms with Crippen molar-refractivity contribution in [2.24, 2.45) is 16.2 Å². The molecule has 1 aliphatic rings. The molecule has 0 aromatic heterocycles. The predicted octanol–water partition coefficient (Wildman–Crippen LogP) is 1.09. The Bertz CT molecular complexity index is 350. The lowest BCUT2D eigenvalue weighted by Gasteiger charge is -1.97. The van der Waals surface area contributed by atoms with E-state index in [0.29, 0.717) is 0 Å². The van der Waals surface area contributed by atoms with Crippen LogP contribution in [-0.2, 0) is 0 Å². The smallest absolute Gasteiger partial charge is 0.183 e. The van der Waals surface area contributed by atoms with E-state index in [1.807, 2.05) is 0 Å². The third-order valence-corrected chi connectivity index (χ3v) is 3.05. The summed E-state index contributed by atoms with van der Waals surface area (Å²) in [7, 11) is 0. The number of nitriles is 4. The predicted molar refractivity (Wildman–Crippen MR) is 41.1 cm³/mol. The van der Waals surface area contributed by atoms with Crippen LogP contribution < -0.4 is 0 Å². The van der Waals surface area contributed by atoms with E-state index in [4.69, 9.17) is 21.0 Å². The molecule has 0 spiro atoms. The SMILES string of the molecule is CC1(C)C(C#N)(C#N)C1(C#N)C#N. The summed E-state index contributed by atoms with van der Waals surface area (Å²) in [6.45, 7) is 3.18. The summed E-state index contributed by atoms with van der Waals surface area (Å²) in [5.74, 6) is 0. The summed E-state index contributed by atoms with van der Waals surface area (Å²) in [5, 5.41) is 35.3. The number of rotatable bonds is 0. The van der Waals surface area contributed by atoms with Crippen molar-refractivity contribution >= 4 is 0 Å². The first-order valence-corrected chi connectivity index (χ1v) is 3.64. The van der Waals surface area contributed by atoms with E-state index in [1.165, 1.54) is 0 Å². The van der Waals surface area contributed by atoms with E-state index in [-0.39, 0.29) is 0 Å². The van der Waals surface area contributed by atoms with Crippen LogP contribution in [0.4, 0.5) is 0 Å². The molecule has 0 radical (unpaired) electrons. The average Bonchev–Trinajstić information content (AvgIpc) is 2.56. The highest BCUT2D eigenvalue weighted by atomic mass is 14.8. The minimum absolute atomic E-state index is 0.868. The van der Waals surface area contributed by atoms with Gasteiger partial charge in [0.2, 0.25) is 0 Å². The maximum absolute atomic E-state index is 8.82. The molecule has 0 aromatic carbocycles. The van der Waals surface area contributed by atoms with Gasteiger partial charge in [-0.25, -0.2) is 0 Å². The van der Waals surface area contributed by atoms with Gasteiger partial charge in [-0.1, -0.05) is 13.8 Å². The second-order valence-electron chi connectivity index (χ2n) is 3.57. The molecule has 0 amide bonds. The maximum atomic E-state index is 8.82. The maximum Gasteiger partial charge on any atom is 0.183 e. The summed E-state index contributed by atoms with van der Waals surface area (Å²) < 4.78 is 0. The molecule has 0 bridgehead atoms. The number of hydrogen-bond donors (Lipinski definition) is 0. The molecule has 0 heterocycles. The molecule has 0 atom stereocenters. The van der Waals surface area contributed by atoms with Crippen LogP contribution in [0.25, 0.3) is 0 Å². The average molecular weight is 170 g/mol. The second kappa shape index (κ2) is 2.01. The molecule has 4 nitrogen and oxygen atoms in total. The lowest BCUT2D eigenvalue weighted by atomic mass is 9.98. The van der Waals surface area contributed by atoms with Gasteiger partial charge in [0, 0.05) is 5.41 Å². The normalized spacial score (nSPS) is 24.2. The van der Waals surface area contributed by atoms with Crippen LogP contribution in [0.2, 0.25) is 0 Å². The Morgan fingerprint density at radius 3 is 1.00 bits per heavy atom. The summed E-state index contributed by atoms with van der Waals surface area (Å²) in [4.78, 5) is 0. The molecular formula is C9H6N4. The minimum Gasteiger partial charge on any atom is -0.196 e. The van der Waals surface area contributed by atoms with E-state index < -0.39 is 16.2 Å². The van der Waals surface area contributed by atoms with Gasteiger partial charge >= 0.3 is 0 Å². The molecule has 62 valence electrons. The Balaban J connectivity index is 3.45. The Morgan fingerprint density at radius 1 is 0.692 bits per heavy atom. The fourth-order valence-electron chi connectivity index (χ4n) is 1.82. The molecule has 0 aromatic rings. The van der Waals surface area contributed by atoms with Crippen molar-refractivity contribution in [2.75, 3.05) is 0 Å². The van der Waals surface area contributed by atoms with Crippen LogP contribution in [0.1, 0.15) is 13.8 Å². The van der Waals surface area contributed by atoms with Gasteiger partial charge < -0.3 is 0 Å². The highest BCUT2D eigenvalue weighted by Gasteiger charge is 2.87. The largest absolute Gasteiger partial charge is 0.196 e. The first-order valence-electron chi connectivity index (χ1n) is 3.64. The Labute approximate surface area is 76.2 Å². The standard InChI is InChI=1S/C9H6N4/c1-7(2)8(3-10,4-11)9(7,5-12)6-13/h1-2H3. The summed E-state index contributed by atoms with van der Waals surface area (Å²) in [6.07, 6.45) is 0. The van der Waals surface area contributed by atoms with E-state index in [9.17, 15) is 0 Å². The fourth-order valence-corrected chi connectivity index (χ4v) is 1.82. The van der Waals surface area contributed by atoms with Crippen molar-refractivity contribution in [1.82, 2.24) is 0 Å². The molecule has 13 heavy (non-hydrogen) atoms. The molecule has 0 aliphatic heterocycles. The third-order valence-electron chi connectivity index (χ3n) is 3.05. The molecule has 1 rings (SSSR count). The lowest BCUT2D eigenvalue weighted by Crippen LogP contribution is -2.05. The monoisotopic (exact) mass is 170 g/mol. The zero-order valence-electron chi connectivity index (χ0n) is 7.29. The lowest BCUT2D eigenvalue weighted by molar-refractivity contribution is 0.532. The van der Waals surface area contributed by atoms with Gasteiger partial charge in [0.15, 0.2) is 10.8 Å². The topological polar surface area (TPSA) is 95.2 Å². The quantitative estimate of drug-likeness (QED) is 0.543.